The maximum atomic E-state index is 12.9. The molecule has 1 atom stereocenters. The van der Waals surface area contributed by atoms with Crippen molar-refractivity contribution in [3.8, 4) is 5.75 Å². The second-order valence-corrected chi connectivity index (χ2v) is 8.76. The van der Waals surface area contributed by atoms with E-state index in [9.17, 15) is 19.5 Å². The molecule has 0 bridgehead atoms. The van der Waals surface area contributed by atoms with E-state index in [1.165, 1.54) is 12.5 Å². The number of hydrogen-bond donors (Lipinski definition) is 3. The molecule has 2 aromatic heterocycles. The van der Waals surface area contributed by atoms with E-state index in [0.29, 0.717) is 24.3 Å². The smallest absolute Gasteiger partial charge is 0.408 e. The molecule has 1 amide bonds. The molecule has 1 unspecified atom stereocenters. The Bertz CT molecular complexity index is 1140. The van der Waals surface area contributed by atoms with Crippen LogP contribution in [0.4, 0.5) is 4.79 Å². The lowest BCUT2D eigenvalue weighted by Crippen LogP contribution is -2.18. The molecular weight excluding hydrogens is 450 g/mol. The van der Waals surface area contributed by atoms with Gasteiger partial charge in [0.1, 0.15) is 28.6 Å². The van der Waals surface area contributed by atoms with Gasteiger partial charge < -0.3 is 19.0 Å². The number of aromatic hydroxyl groups is 1. The van der Waals surface area contributed by atoms with Crippen molar-refractivity contribution in [2.75, 3.05) is 0 Å². The van der Waals surface area contributed by atoms with Crippen LogP contribution in [0.3, 0.4) is 0 Å². The summed E-state index contributed by atoms with van der Waals surface area (Å²) in [5.41, 5.74) is -0.577. The van der Waals surface area contributed by atoms with E-state index < -0.39 is 28.8 Å². The number of carbonyl (C=O) groups excluding carboxylic acids is 1. The molecule has 0 fully saturated rings. The largest absolute Gasteiger partial charge is 0.507 e. The van der Waals surface area contributed by atoms with Gasteiger partial charge in [-0.15, -0.1) is 0 Å². The summed E-state index contributed by atoms with van der Waals surface area (Å²) >= 11 is 0. The highest BCUT2D eigenvalue weighted by molar-refractivity contribution is 6.11. The molecule has 2 aromatic rings. The molecule has 0 aliphatic rings. The average molecular weight is 486 g/mol. The first-order chi connectivity index (χ1) is 16.6. The summed E-state index contributed by atoms with van der Waals surface area (Å²) in [4.78, 5) is 36.1. The molecule has 2 heterocycles. The molecule has 8 nitrogen and oxygen atoms in total. The molecule has 0 spiro atoms. The quantitative estimate of drug-likeness (QED) is 0.170. The Morgan fingerprint density at radius 2 is 1.89 bits per heavy atom. The molecule has 0 aromatic carbocycles. The van der Waals surface area contributed by atoms with Gasteiger partial charge in [-0.05, 0) is 51.3 Å². The van der Waals surface area contributed by atoms with E-state index in [2.05, 4.69) is 12.2 Å². The minimum atomic E-state index is -1.14. The number of carboxylic acid groups (broad SMARTS) is 1. The Morgan fingerprint density at radius 3 is 2.54 bits per heavy atom. The number of Topliss-reactive ketones (excluding diaryl/α,β-unsaturated/α-hetero) is 1. The molecule has 0 saturated heterocycles. The molecular formula is C27H35NO7. The van der Waals surface area contributed by atoms with Crippen molar-refractivity contribution in [3.63, 3.8) is 0 Å². The first-order valence-electron chi connectivity index (χ1n) is 12.0. The lowest BCUT2D eigenvalue weighted by atomic mass is 9.99. The third-order valence-electron chi connectivity index (χ3n) is 5.69. The van der Waals surface area contributed by atoms with Crippen LogP contribution in [0.5, 0.6) is 5.75 Å². The fourth-order valence-electron chi connectivity index (χ4n) is 3.67. The Morgan fingerprint density at radius 1 is 1.14 bits per heavy atom. The monoisotopic (exact) mass is 485 g/mol. The van der Waals surface area contributed by atoms with Gasteiger partial charge in [-0.1, -0.05) is 39.2 Å². The maximum Gasteiger partial charge on any atom is 0.408 e. The van der Waals surface area contributed by atoms with Gasteiger partial charge in [-0.25, -0.2) is 9.59 Å². The number of carbonyl (C=O) groups is 2. The number of unbranched alkanes of at least 4 members (excludes halogenated alkanes) is 3. The minimum absolute atomic E-state index is 0.234. The van der Waals surface area contributed by atoms with Gasteiger partial charge in [0.2, 0.25) is 0 Å². The van der Waals surface area contributed by atoms with Crippen LogP contribution in [-0.4, -0.2) is 22.1 Å². The van der Waals surface area contributed by atoms with Crippen LogP contribution in [0.25, 0.3) is 6.08 Å². The third kappa shape index (κ3) is 8.63. The minimum Gasteiger partial charge on any atom is -0.507 e. The third-order valence-corrected chi connectivity index (χ3v) is 5.69. The van der Waals surface area contributed by atoms with Crippen molar-refractivity contribution in [2.45, 2.75) is 78.6 Å². The molecule has 8 heteroatoms. The number of amides is 1. The highest BCUT2D eigenvalue weighted by Gasteiger charge is 2.22. The number of nitrogens with one attached hydrogen (secondary N) is 1. The molecule has 0 saturated carbocycles. The fraction of sp³-hybridized carbons (Fsp3) is 0.444. The number of furan rings is 1. The lowest BCUT2D eigenvalue weighted by Gasteiger charge is -2.11. The number of allylic oxidation sites excluding steroid dienone is 3. The summed E-state index contributed by atoms with van der Waals surface area (Å²) in [6, 6.07) is 4.95. The summed E-state index contributed by atoms with van der Waals surface area (Å²) in [6.45, 7) is 7.17. The number of aryl methyl sites for hydroxylation is 1. The Hall–Kier alpha value is -3.55. The molecule has 0 aliphatic carbocycles. The van der Waals surface area contributed by atoms with Crippen molar-refractivity contribution >= 4 is 18.0 Å². The van der Waals surface area contributed by atoms with Gasteiger partial charge in [0.05, 0.1) is 0 Å². The maximum absolute atomic E-state index is 12.9. The first-order valence-corrected chi connectivity index (χ1v) is 12.0. The van der Waals surface area contributed by atoms with Gasteiger partial charge in [-0.3, -0.25) is 10.1 Å². The van der Waals surface area contributed by atoms with Crippen molar-refractivity contribution in [1.82, 2.24) is 5.32 Å². The number of ketones is 1. The SMILES string of the molecule is CCCCCCc1ccc(/C=C(/C)C(=O)c2c(O)cc(C(C)CC/C=C(\C)NC(=O)O)oc2=O)o1. The van der Waals surface area contributed by atoms with E-state index in [0.717, 1.165) is 31.4 Å². The van der Waals surface area contributed by atoms with Crippen LogP contribution in [-0.2, 0) is 6.42 Å². The van der Waals surface area contributed by atoms with Crippen molar-refractivity contribution in [1.29, 1.82) is 0 Å². The van der Waals surface area contributed by atoms with Crippen LogP contribution in [0.15, 0.2) is 49.2 Å². The van der Waals surface area contributed by atoms with Gasteiger partial charge in [0.25, 0.3) is 0 Å². The van der Waals surface area contributed by atoms with Crippen molar-refractivity contribution in [2.24, 2.45) is 0 Å². The second kappa shape index (κ2) is 13.4. The Balaban J connectivity index is 2.08. The summed E-state index contributed by atoms with van der Waals surface area (Å²) in [7, 11) is 0. The number of rotatable bonds is 13. The molecule has 2 rings (SSSR count). The van der Waals surface area contributed by atoms with Crippen LogP contribution < -0.4 is 10.9 Å². The second-order valence-electron chi connectivity index (χ2n) is 8.76. The van der Waals surface area contributed by atoms with E-state index in [1.54, 1.807) is 32.1 Å². The van der Waals surface area contributed by atoms with Gasteiger partial charge in [0, 0.05) is 29.7 Å². The summed E-state index contributed by atoms with van der Waals surface area (Å²) in [5, 5.41) is 21.4. The van der Waals surface area contributed by atoms with E-state index in [1.807, 2.05) is 13.0 Å². The number of hydrogen-bond acceptors (Lipinski definition) is 6. The standard InChI is InChI=1S/C27H35NO7/c1-5-6-7-8-12-20-13-14-21(34-20)15-18(3)25(30)24-22(29)16-23(35-26(24)31)17(2)10-9-11-19(4)28-27(32)33/h11,13-17,28-29H,5-10,12H2,1-4H3,(H,32,33)/b18-15-,19-11+. The summed E-state index contributed by atoms with van der Waals surface area (Å²) < 4.78 is 11.1. The van der Waals surface area contributed by atoms with Crippen molar-refractivity contribution < 1.29 is 28.6 Å². The lowest BCUT2D eigenvalue weighted by molar-refractivity contribution is 0.102. The van der Waals surface area contributed by atoms with Crippen LogP contribution in [0, 0.1) is 0 Å². The predicted molar refractivity (Wildman–Crippen MR) is 134 cm³/mol. The van der Waals surface area contributed by atoms with Gasteiger partial charge >= 0.3 is 11.7 Å². The highest BCUT2D eigenvalue weighted by atomic mass is 16.4. The Kier molecular flexibility index (Phi) is 10.6. The van der Waals surface area contributed by atoms with Crippen LogP contribution in [0.1, 0.15) is 99.8 Å². The van der Waals surface area contributed by atoms with Gasteiger partial charge in [0.15, 0.2) is 5.78 Å². The van der Waals surface area contributed by atoms with Crippen LogP contribution >= 0.6 is 0 Å². The van der Waals surface area contributed by atoms with E-state index in [4.69, 9.17) is 13.9 Å². The topological polar surface area (TPSA) is 130 Å². The van der Waals surface area contributed by atoms with Crippen molar-refractivity contribution in [3.05, 3.63) is 68.8 Å². The molecule has 190 valence electrons. The summed E-state index contributed by atoms with van der Waals surface area (Å²) in [6.07, 6.45) is 8.57. The molecule has 0 radical (unpaired) electrons. The zero-order valence-corrected chi connectivity index (χ0v) is 20.8. The molecule has 3 N–H and O–H groups in total. The average Bonchev–Trinajstić information content (AvgIpc) is 3.22. The van der Waals surface area contributed by atoms with Gasteiger partial charge in [-0.2, -0.15) is 0 Å². The normalized spacial score (nSPS) is 13.0. The molecule has 0 aliphatic heterocycles. The summed E-state index contributed by atoms with van der Waals surface area (Å²) in [5.74, 6) is 0.308. The Labute approximate surface area is 205 Å². The van der Waals surface area contributed by atoms with Crippen LogP contribution in [0.2, 0.25) is 0 Å². The zero-order valence-electron chi connectivity index (χ0n) is 20.8. The molecule has 35 heavy (non-hydrogen) atoms. The fourth-order valence-corrected chi connectivity index (χ4v) is 3.67. The van der Waals surface area contributed by atoms with E-state index >= 15 is 0 Å². The van der Waals surface area contributed by atoms with E-state index in [-0.39, 0.29) is 17.3 Å². The predicted octanol–water partition coefficient (Wildman–Crippen LogP) is 6.40. The zero-order chi connectivity index (χ0) is 26.0. The first kappa shape index (κ1) is 27.7. The highest BCUT2D eigenvalue weighted by Crippen LogP contribution is 2.26.